The third-order valence-corrected chi connectivity index (χ3v) is 2.76. The highest BCUT2D eigenvalue weighted by atomic mass is 16.6. The molecular weight excluding hydrogens is 316 g/mol. The van der Waals surface area contributed by atoms with Gasteiger partial charge in [-0.2, -0.15) is 0 Å². The molecule has 0 unspecified atom stereocenters. The van der Waals surface area contributed by atoms with E-state index in [1.807, 2.05) is 0 Å². The maximum Gasteiger partial charge on any atom is 0.408 e. The molecule has 0 aromatic rings. The Kier molecular flexibility index (Phi) is 8.74. The molecule has 0 aliphatic carbocycles. The number of amides is 2. The monoisotopic (exact) mass is 346 g/mol. The Bertz CT molecular complexity index is 442. The van der Waals surface area contributed by atoms with Crippen LogP contribution in [-0.2, 0) is 19.1 Å². The minimum atomic E-state index is -1.19. The molecule has 0 radical (unpaired) electrons. The smallest absolute Gasteiger partial charge is 0.408 e. The minimum Gasteiger partial charge on any atom is -0.461 e. The zero-order valence-electron chi connectivity index (χ0n) is 15.5. The number of hydrogen-bond acceptors (Lipinski definition) is 6. The molecule has 0 aliphatic heterocycles. The zero-order chi connectivity index (χ0) is 19.1. The van der Waals surface area contributed by atoms with Crippen molar-refractivity contribution in [2.24, 2.45) is 5.92 Å². The predicted octanol–water partition coefficient (Wildman–Crippen LogP) is 0.964. The Morgan fingerprint density at radius 1 is 1.04 bits per heavy atom. The first kappa shape index (κ1) is 22.2. The highest BCUT2D eigenvalue weighted by Crippen LogP contribution is 2.09. The van der Waals surface area contributed by atoms with Gasteiger partial charge in [-0.15, -0.1) is 0 Å². The van der Waals surface area contributed by atoms with Gasteiger partial charge in [0, 0.05) is 0 Å². The summed E-state index contributed by atoms with van der Waals surface area (Å²) in [5.41, 5.74) is -0.698. The third-order valence-electron chi connectivity index (χ3n) is 2.76. The van der Waals surface area contributed by atoms with Crippen LogP contribution in [0, 0.1) is 5.92 Å². The first-order chi connectivity index (χ1) is 10.9. The lowest BCUT2D eigenvalue weighted by Gasteiger charge is -2.26. The van der Waals surface area contributed by atoms with Gasteiger partial charge >= 0.3 is 12.1 Å². The van der Waals surface area contributed by atoms with E-state index in [4.69, 9.17) is 9.47 Å². The van der Waals surface area contributed by atoms with E-state index in [0.717, 1.165) is 0 Å². The fourth-order valence-electron chi connectivity index (χ4n) is 1.72. The molecule has 0 heterocycles. The number of aliphatic hydroxyl groups is 1. The fourth-order valence-corrected chi connectivity index (χ4v) is 1.72. The van der Waals surface area contributed by atoms with E-state index < -0.39 is 42.3 Å². The maximum atomic E-state index is 12.3. The second-order valence-electron chi connectivity index (χ2n) is 7.10. The van der Waals surface area contributed by atoms with E-state index in [9.17, 15) is 19.5 Å². The van der Waals surface area contributed by atoms with E-state index in [1.54, 1.807) is 48.5 Å². The summed E-state index contributed by atoms with van der Waals surface area (Å²) in [6, 6.07) is -2.11. The second-order valence-corrected chi connectivity index (χ2v) is 7.10. The van der Waals surface area contributed by atoms with E-state index >= 15 is 0 Å². The zero-order valence-corrected chi connectivity index (χ0v) is 15.5. The lowest BCUT2D eigenvalue weighted by Crippen LogP contribution is -2.55. The van der Waals surface area contributed by atoms with Gasteiger partial charge in [-0.25, -0.2) is 9.59 Å². The lowest BCUT2D eigenvalue weighted by molar-refractivity contribution is -0.152. The third kappa shape index (κ3) is 8.71. The van der Waals surface area contributed by atoms with E-state index in [-0.39, 0.29) is 12.0 Å². The normalized spacial score (nSPS) is 14.1. The molecule has 0 aromatic heterocycles. The van der Waals surface area contributed by atoms with Crippen LogP contribution in [0.3, 0.4) is 0 Å². The van der Waals surface area contributed by atoms with Crippen molar-refractivity contribution in [3.05, 3.63) is 0 Å². The summed E-state index contributed by atoms with van der Waals surface area (Å²) >= 11 is 0. The number of nitrogens with one attached hydrogen (secondary N) is 2. The largest absolute Gasteiger partial charge is 0.461 e. The van der Waals surface area contributed by atoms with Gasteiger partial charge < -0.3 is 25.2 Å². The lowest BCUT2D eigenvalue weighted by atomic mass is 10.0. The van der Waals surface area contributed by atoms with Crippen LogP contribution >= 0.6 is 0 Å². The van der Waals surface area contributed by atoms with Crippen LogP contribution < -0.4 is 10.6 Å². The van der Waals surface area contributed by atoms with Gasteiger partial charge in [0.25, 0.3) is 0 Å². The van der Waals surface area contributed by atoms with Gasteiger partial charge in [0.1, 0.15) is 11.6 Å². The number of ether oxygens (including phenoxy) is 2. The molecule has 140 valence electrons. The van der Waals surface area contributed by atoms with Crippen molar-refractivity contribution in [1.82, 2.24) is 10.6 Å². The van der Waals surface area contributed by atoms with E-state index in [2.05, 4.69) is 10.6 Å². The predicted molar refractivity (Wildman–Crippen MR) is 88.2 cm³/mol. The molecular formula is C16H30N2O6. The average molecular weight is 346 g/mol. The maximum absolute atomic E-state index is 12.3. The Balaban J connectivity index is 4.90. The molecule has 3 N–H and O–H groups in total. The van der Waals surface area contributed by atoms with E-state index in [1.165, 1.54) is 0 Å². The highest BCUT2D eigenvalue weighted by molar-refractivity contribution is 5.90. The molecule has 2 atom stereocenters. The SMILES string of the molecule is CC(C)OC(=O)[C@H](CO)NC(=O)[C@@H](NC(=O)OC(C)(C)C)C(C)C. The summed E-state index contributed by atoms with van der Waals surface area (Å²) in [5.74, 6) is -1.59. The van der Waals surface area contributed by atoms with E-state index in [0.29, 0.717) is 0 Å². The van der Waals surface area contributed by atoms with Crippen molar-refractivity contribution in [3.8, 4) is 0 Å². The van der Waals surface area contributed by atoms with Gasteiger partial charge in [-0.3, -0.25) is 4.79 Å². The van der Waals surface area contributed by atoms with Gasteiger partial charge in [-0.05, 0) is 40.5 Å². The number of hydrogen-bond donors (Lipinski definition) is 3. The molecule has 0 bridgehead atoms. The summed E-state index contributed by atoms with van der Waals surface area (Å²) in [6.07, 6.45) is -1.11. The molecule has 8 heteroatoms. The van der Waals surface area contributed by atoms with Crippen LogP contribution in [0.5, 0.6) is 0 Å². The van der Waals surface area contributed by atoms with Crippen LogP contribution in [0.4, 0.5) is 4.79 Å². The Hall–Kier alpha value is -1.83. The molecule has 24 heavy (non-hydrogen) atoms. The Morgan fingerprint density at radius 2 is 1.58 bits per heavy atom. The molecule has 8 nitrogen and oxygen atoms in total. The summed E-state index contributed by atoms with van der Waals surface area (Å²) in [5, 5.41) is 14.1. The van der Waals surface area contributed by atoms with Crippen LogP contribution in [0.15, 0.2) is 0 Å². The molecule has 0 saturated carbocycles. The minimum absolute atomic E-state index is 0.252. The number of aliphatic hydroxyl groups excluding tert-OH is 1. The second kappa shape index (κ2) is 9.46. The van der Waals surface area contributed by atoms with Gasteiger partial charge in [0.15, 0.2) is 6.04 Å². The number of carbonyl (C=O) groups is 3. The van der Waals surface area contributed by atoms with Gasteiger partial charge in [-0.1, -0.05) is 13.8 Å². The average Bonchev–Trinajstić information content (AvgIpc) is 2.38. The van der Waals surface area contributed by atoms with Crippen LogP contribution in [0.25, 0.3) is 0 Å². The standard InChI is InChI=1S/C16H30N2O6/c1-9(2)12(18-15(22)24-16(5,6)7)13(20)17-11(8-19)14(21)23-10(3)4/h9-12,19H,8H2,1-7H3,(H,17,20)(H,18,22)/t11-,12-/m0/s1. The van der Waals surface area contributed by atoms with Crippen molar-refractivity contribution >= 4 is 18.0 Å². The fraction of sp³-hybridized carbons (Fsp3) is 0.812. The summed E-state index contributed by atoms with van der Waals surface area (Å²) < 4.78 is 10.1. The Labute approximate surface area is 143 Å². The molecule has 0 aromatic carbocycles. The first-order valence-corrected chi connectivity index (χ1v) is 7.98. The molecule has 0 spiro atoms. The molecule has 0 rings (SSSR count). The van der Waals surface area contributed by atoms with Crippen molar-refractivity contribution in [2.45, 2.75) is 72.3 Å². The summed E-state index contributed by atoms with van der Waals surface area (Å²) in [7, 11) is 0. The quantitative estimate of drug-likeness (QED) is 0.592. The van der Waals surface area contributed by atoms with Crippen LogP contribution in [0.2, 0.25) is 0 Å². The molecule has 2 amide bonds. The summed E-state index contributed by atoms with van der Waals surface area (Å²) in [4.78, 5) is 36.0. The molecule has 0 aliphatic rings. The number of rotatable bonds is 7. The van der Waals surface area contributed by atoms with Gasteiger partial charge in [0.2, 0.25) is 5.91 Å². The highest BCUT2D eigenvalue weighted by Gasteiger charge is 2.30. The van der Waals surface area contributed by atoms with Gasteiger partial charge in [0.05, 0.1) is 12.7 Å². The topological polar surface area (TPSA) is 114 Å². The van der Waals surface area contributed by atoms with Crippen molar-refractivity contribution < 1.29 is 29.0 Å². The summed E-state index contributed by atoms with van der Waals surface area (Å²) in [6.45, 7) is 11.3. The van der Waals surface area contributed by atoms with Crippen molar-refractivity contribution in [2.75, 3.05) is 6.61 Å². The number of carbonyl (C=O) groups excluding carboxylic acids is 3. The van der Waals surface area contributed by atoms with Crippen molar-refractivity contribution in [3.63, 3.8) is 0 Å². The van der Waals surface area contributed by atoms with Crippen LogP contribution in [-0.4, -0.2) is 53.5 Å². The van der Waals surface area contributed by atoms with Crippen molar-refractivity contribution in [1.29, 1.82) is 0 Å². The Morgan fingerprint density at radius 3 is 1.96 bits per heavy atom. The van der Waals surface area contributed by atoms with Crippen LogP contribution in [0.1, 0.15) is 48.5 Å². The number of alkyl carbamates (subject to hydrolysis) is 1. The molecule has 0 saturated heterocycles. The molecule has 0 fully saturated rings. The number of esters is 1. The first-order valence-electron chi connectivity index (χ1n) is 7.98.